The molecule has 0 aliphatic rings. The Bertz CT molecular complexity index is 637. The number of alkyl halides is 3. The molecule has 0 saturated carbocycles. The van der Waals surface area contributed by atoms with E-state index in [0.717, 1.165) is 12.1 Å². The van der Waals surface area contributed by atoms with E-state index in [1.165, 1.54) is 12.1 Å². The first-order valence-electron chi connectivity index (χ1n) is 6.39. The predicted molar refractivity (Wildman–Crippen MR) is 70.0 cm³/mol. The van der Waals surface area contributed by atoms with E-state index in [9.17, 15) is 18.0 Å². The van der Waals surface area contributed by atoms with Crippen LogP contribution in [-0.2, 0) is 13.1 Å². The highest BCUT2D eigenvalue weighted by Crippen LogP contribution is 2.22. The fourth-order valence-corrected chi connectivity index (χ4v) is 1.75. The Kier molecular flexibility index (Phi) is 4.64. The summed E-state index contributed by atoms with van der Waals surface area (Å²) in [5.41, 5.74) is 0.220. The summed E-state index contributed by atoms with van der Waals surface area (Å²) in [5, 5.41) is 10.2. The smallest absolute Gasteiger partial charge is 0.406 e. The van der Waals surface area contributed by atoms with Gasteiger partial charge in [0, 0.05) is 12.1 Å². The van der Waals surface area contributed by atoms with Crippen LogP contribution in [0, 0.1) is 0 Å². The molecular weight excluding hydrogens is 301 g/mol. The summed E-state index contributed by atoms with van der Waals surface area (Å²) in [4.78, 5) is 11.9. The van der Waals surface area contributed by atoms with Gasteiger partial charge in [0.25, 0.3) is 5.91 Å². The van der Waals surface area contributed by atoms with Crippen LogP contribution in [0.5, 0.6) is 5.75 Å². The van der Waals surface area contributed by atoms with Crippen LogP contribution in [0.15, 0.2) is 30.6 Å². The quantitative estimate of drug-likeness (QED) is 0.918. The van der Waals surface area contributed by atoms with Gasteiger partial charge in [-0.05, 0) is 31.2 Å². The molecule has 118 valence electrons. The number of carbonyl (C=O) groups excluding carboxylic acids is 1. The fourth-order valence-electron chi connectivity index (χ4n) is 1.75. The summed E-state index contributed by atoms with van der Waals surface area (Å²) in [5.74, 6) is -0.216. The van der Waals surface area contributed by atoms with Crippen molar-refractivity contribution < 1.29 is 22.7 Å². The number of nitrogens with one attached hydrogen (secondary N) is 1. The number of hydrogen-bond donors (Lipinski definition) is 1. The van der Waals surface area contributed by atoms with Gasteiger partial charge in [-0.15, -0.1) is 23.4 Å². The topological polar surface area (TPSA) is 69.0 Å². The van der Waals surface area contributed by atoms with Gasteiger partial charge in [0.2, 0.25) is 0 Å². The number of halogens is 3. The number of hydrogen-bond acceptors (Lipinski definition) is 4. The Labute approximate surface area is 123 Å². The zero-order chi connectivity index (χ0) is 16.2. The standard InChI is InChI=1S/C13H13F3N4O2/c1-2-20-8-18-19-11(20)7-17-12(21)9-3-5-10(6-4-9)22-13(14,15)16/h3-6,8H,2,7H2,1H3,(H,17,21). The molecule has 1 N–H and O–H groups in total. The molecule has 1 heterocycles. The van der Waals surface area contributed by atoms with Crippen LogP contribution in [0.25, 0.3) is 0 Å². The number of nitrogens with zero attached hydrogens (tertiary/aromatic N) is 3. The minimum absolute atomic E-state index is 0.174. The van der Waals surface area contributed by atoms with Crippen molar-refractivity contribution in [2.75, 3.05) is 0 Å². The van der Waals surface area contributed by atoms with E-state index in [1.54, 1.807) is 10.9 Å². The van der Waals surface area contributed by atoms with Gasteiger partial charge in [-0.25, -0.2) is 0 Å². The van der Waals surface area contributed by atoms with E-state index in [0.29, 0.717) is 12.4 Å². The zero-order valence-corrected chi connectivity index (χ0v) is 11.6. The lowest BCUT2D eigenvalue weighted by atomic mass is 10.2. The van der Waals surface area contributed by atoms with Gasteiger partial charge in [0.1, 0.15) is 12.1 Å². The maximum Gasteiger partial charge on any atom is 0.573 e. The van der Waals surface area contributed by atoms with Crippen LogP contribution in [0.3, 0.4) is 0 Å². The largest absolute Gasteiger partial charge is 0.573 e. The van der Waals surface area contributed by atoms with Crippen LogP contribution in [0.2, 0.25) is 0 Å². The van der Waals surface area contributed by atoms with Crippen LogP contribution in [0.4, 0.5) is 13.2 Å². The van der Waals surface area contributed by atoms with Gasteiger partial charge in [0.15, 0.2) is 5.82 Å². The first-order chi connectivity index (χ1) is 10.4. The Hall–Kier alpha value is -2.58. The second-order valence-corrected chi connectivity index (χ2v) is 4.29. The lowest BCUT2D eigenvalue weighted by Crippen LogP contribution is -2.24. The van der Waals surface area contributed by atoms with Crippen molar-refractivity contribution in [3.05, 3.63) is 42.0 Å². The van der Waals surface area contributed by atoms with Gasteiger partial charge < -0.3 is 14.6 Å². The van der Waals surface area contributed by atoms with Gasteiger partial charge >= 0.3 is 6.36 Å². The Morgan fingerprint density at radius 2 is 2.00 bits per heavy atom. The molecule has 2 aromatic rings. The van der Waals surface area contributed by atoms with Crippen molar-refractivity contribution in [2.45, 2.75) is 26.4 Å². The monoisotopic (exact) mass is 314 g/mol. The third-order valence-electron chi connectivity index (χ3n) is 2.79. The third kappa shape index (κ3) is 4.21. The molecule has 0 fully saturated rings. The molecule has 0 atom stereocenters. The summed E-state index contributed by atoms with van der Waals surface area (Å²) in [6.45, 7) is 2.75. The molecule has 0 saturated heterocycles. The second kappa shape index (κ2) is 6.46. The van der Waals surface area contributed by atoms with Crippen LogP contribution >= 0.6 is 0 Å². The highest BCUT2D eigenvalue weighted by molar-refractivity contribution is 5.94. The average Bonchev–Trinajstić information content (AvgIpc) is 2.91. The van der Waals surface area contributed by atoms with Crippen LogP contribution in [0.1, 0.15) is 23.1 Å². The van der Waals surface area contributed by atoms with E-state index in [-0.39, 0.29) is 17.9 Å². The van der Waals surface area contributed by atoms with Crippen molar-refractivity contribution in [2.24, 2.45) is 0 Å². The van der Waals surface area contributed by atoms with Crippen molar-refractivity contribution in [1.82, 2.24) is 20.1 Å². The van der Waals surface area contributed by atoms with E-state index >= 15 is 0 Å². The maximum atomic E-state index is 12.0. The minimum atomic E-state index is -4.76. The summed E-state index contributed by atoms with van der Waals surface area (Å²) in [7, 11) is 0. The maximum absolute atomic E-state index is 12.0. The molecule has 2 rings (SSSR count). The van der Waals surface area contributed by atoms with E-state index < -0.39 is 12.3 Å². The molecule has 0 bridgehead atoms. The molecule has 1 aromatic heterocycles. The Morgan fingerprint density at radius 1 is 1.32 bits per heavy atom. The molecule has 9 heteroatoms. The second-order valence-electron chi connectivity index (χ2n) is 4.29. The number of aryl methyl sites for hydroxylation is 1. The number of aromatic nitrogens is 3. The third-order valence-corrected chi connectivity index (χ3v) is 2.79. The van der Waals surface area contributed by atoms with Crippen LogP contribution < -0.4 is 10.1 Å². The van der Waals surface area contributed by atoms with E-state index in [1.807, 2.05) is 6.92 Å². The number of benzene rings is 1. The van der Waals surface area contributed by atoms with Crippen molar-refractivity contribution in [1.29, 1.82) is 0 Å². The van der Waals surface area contributed by atoms with Gasteiger partial charge in [0.05, 0.1) is 6.54 Å². The van der Waals surface area contributed by atoms with Crippen molar-refractivity contribution in [3.8, 4) is 5.75 Å². The first-order valence-corrected chi connectivity index (χ1v) is 6.39. The molecule has 0 aliphatic carbocycles. The molecule has 0 spiro atoms. The predicted octanol–water partition coefficient (Wildman–Crippen LogP) is 2.13. The van der Waals surface area contributed by atoms with Gasteiger partial charge in [-0.3, -0.25) is 4.79 Å². The number of amides is 1. The lowest BCUT2D eigenvalue weighted by Gasteiger charge is -2.09. The fraction of sp³-hybridized carbons (Fsp3) is 0.308. The molecule has 1 amide bonds. The van der Waals surface area contributed by atoms with Crippen LogP contribution in [-0.4, -0.2) is 27.0 Å². The summed E-state index contributed by atoms with van der Waals surface area (Å²) in [6.07, 6.45) is -3.21. The molecule has 0 aliphatic heterocycles. The van der Waals surface area contributed by atoms with Gasteiger partial charge in [-0.1, -0.05) is 0 Å². The lowest BCUT2D eigenvalue weighted by molar-refractivity contribution is -0.274. The highest BCUT2D eigenvalue weighted by Gasteiger charge is 2.31. The molecular formula is C13H13F3N4O2. The average molecular weight is 314 g/mol. The summed E-state index contributed by atoms with van der Waals surface area (Å²) in [6, 6.07) is 4.66. The number of ether oxygens (including phenoxy) is 1. The molecule has 0 radical (unpaired) electrons. The summed E-state index contributed by atoms with van der Waals surface area (Å²) < 4.78 is 41.6. The van der Waals surface area contributed by atoms with Crippen molar-refractivity contribution in [3.63, 3.8) is 0 Å². The van der Waals surface area contributed by atoms with Gasteiger partial charge in [-0.2, -0.15) is 0 Å². The molecule has 0 unspecified atom stereocenters. The SMILES string of the molecule is CCn1cnnc1CNC(=O)c1ccc(OC(F)(F)F)cc1. The number of rotatable bonds is 5. The highest BCUT2D eigenvalue weighted by atomic mass is 19.4. The summed E-state index contributed by atoms with van der Waals surface area (Å²) >= 11 is 0. The number of carbonyl (C=O) groups is 1. The normalized spacial score (nSPS) is 11.3. The first kappa shape index (κ1) is 15.8. The molecule has 1 aromatic carbocycles. The van der Waals surface area contributed by atoms with Crippen molar-refractivity contribution >= 4 is 5.91 Å². The zero-order valence-electron chi connectivity index (χ0n) is 11.6. The van der Waals surface area contributed by atoms with E-state index in [4.69, 9.17) is 0 Å². The van der Waals surface area contributed by atoms with E-state index in [2.05, 4.69) is 20.3 Å². The molecule has 6 nitrogen and oxygen atoms in total. The molecule has 22 heavy (non-hydrogen) atoms. The Balaban J connectivity index is 1.95. The minimum Gasteiger partial charge on any atom is -0.406 e. The Morgan fingerprint density at radius 3 is 2.59 bits per heavy atom.